The van der Waals surface area contributed by atoms with Crippen LogP contribution in [0, 0.1) is 0 Å². The highest BCUT2D eigenvalue weighted by molar-refractivity contribution is 7.80. The van der Waals surface area contributed by atoms with Crippen LogP contribution < -0.4 is 10.6 Å². The van der Waals surface area contributed by atoms with E-state index < -0.39 is 0 Å². The summed E-state index contributed by atoms with van der Waals surface area (Å²) in [5.74, 6) is 0. The highest BCUT2D eigenvalue weighted by atomic mass is 32.1. The van der Waals surface area contributed by atoms with E-state index in [1.54, 1.807) is 0 Å². The van der Waals surface area contributed by atoms with E-state index in [1.807, 2.05) is 6.92 Å². The van der Waals surface area contributed by atoms with Crippen molar-refractivity contribution in [3.05, 3.63) is 48.0 Å². The van der Waals surface area contributed by atoms with Crippen LogP contribution in [-0.4, -0.2) is 11.7 Å². The van der Waals surface area contributed by atoms with Crippen molar-refractivity contribution in [2.45, 2.75) is 19.9 Å². The molecule has 0 aliphatic carbocycles. The summed E-state index contributed by atoms with van der Waals surface area (Å²) in [4.78, 5) is 0. The van der Waals surface area contributed by atoms with E-state index >= 15 is 0 Å². The van der Waals surface area contributed by atoms with Crippen LogP contribution in [0.5, 0.6) is 0 Å². The van der Waals surface area contributed by atoms with Gasteiger partial charge in [0, 0.05) is 6.54 Å². The van der Waals surface area contributed by atoms with Crippen molar-refractivity contribution in [2.75, 3.05) is 6.54 Å². The molecular weight excluding hydrogens is 240 g/mol. The molecule has 0 spiro atoms. The quantitative estimate of drug-likeness (QED) is 0.825. The van der Waals surface area contributed by atoms with Crippen LogP contribution in [0.3, 0.4) is 0 Å². The second-order valence-corrected chi connectivity index (χ2v) is 4.70. The average molecular weight is 258 g/mol. The van der Waals surface area contributed by atoms with Crippen LogP contribution in [0.4, 0.5) is 0 Å². The topological polar surface area (TPSA) is 24.1 Å². The van der Waals surface area contributed by atoms with Gasteiger partial charge >= 0.3 is 0 Å². The minimum atomic E-state index is 0.197. The number of hydrogen-bond acceptors (Lipinski definition) is 1. The van der Waals surface area contributed by atoms with Crippen LogP contribution in [0.15, 0.2) is 42.5 Å². The Morgan fingerprint density at radius 1 is 1.17 bits per heavy atom. The molecule has 0 aliphatic rings. The zero-order valence-electron chi connectivity index (χ0n) is 10.7. The van der Waals surface area contributed by atoms with Crippen LogP contribution in [0.2, 0.25) is 0 Å². The normalized spacial score (nSPS) is 12.1. The lowest BCUT2D eigenvalue weighted by molar-refractivity contribution is 0.707. The third-order valence-corrected chi connectivity index (χ3v) is 3.24. The first-order valence-electron chi connectivity index (χ1n) is 6.24. The predicted molar refractivity (Wildman–Crippen MR) is 81.8 cm³/mol. The molecule has 0 aromatic heterocycles. The van der Waals surface area contributed by atoms with E-state index in [0.29, 0.717) is 5.11 Å². The largest absolute Gasteiger partial charge is 0.363 e. The molecule has 0 radical (unpaired) electrons. The third kappa shape index (κ3) is 2.79. The van der Waals surface area contributed by atoms with E-state index in [2.05, 4.69) is 60.0 Å². The maximum Gasteiger partial charge on any atom is 0.166 e. The predicted octanol–water partition coefficient (Wildman–Crippen LogP) is 3.38. The lowest BCUT2D eigenvalue weighted by Gasteiger charge is -2.18. The van der Waals surface area contributed by atoms with Crippen molar-refractivity contribution in [2.24, 2.45) is 0 Å². The van der Waals surface area contributed by atoms with Gasteiger partial charge in [-0.1, -0.05) is 42.5 Å². The molecule has 18 heavy (non-hydrogen) atoms. The zero-order valence-corrected chi connectivity index (χ0v) is 11.6. The van der Waals surface area contributed by atoms with Gasteiger partial charge in [-0.3, -0.25) is 0 Å². The molecule has 2 aromatic rings. The lowest BCUT2D eigenvalue weighted by atomic mass is 10.00. The lowest BCUT2D eigenvalue weighted by Crippen LogP contribution is -2.36. The van der Waals surface area contributed by atoms with E-state index in [9.17, 15) is 0 Å². The summed E-state index contributed by atoms with van der Waals surface area (Å²) < 4.78 is 0. The zero-order chi connectivity index (χ0) is 13.0. The standard InChI is InChI=1S/C15H18N2S/c1-3-16-15(18)17-11(2)13-10-6-8-12-7-4-5-9-14(12)13/h4-11H,3H2,1-2H3,(H2,16,17,18)/t11-/m1/s1. The molecule has 0 unspecified atom stereocenters. The number of nitrogens with one attached hydrogen (secondary N) is 2. The van der Waals surface area contributed by atoms with Gasteiger partial charge in [0.25, 0.3) is 0 Å². The van der Waals surface area contributed by atoms with Gasteiger partial charge in [0.2, 0.25) is 0 Å². The van der Waals surface area contributed by atoms with Crippen molar-refractivity contribution >= 4 is 28.1 Å². The summed E-state index contributed by atoms with van der Waals surface area (Å²) in [6.07, 6.45) is 0. The molecule has 0 saturated carbocycles. The molecular formula is C15H18N2S. The molecule has 1 atom stereocenters. The Morgan fingerprint density at radius 3 is 2.67 bits per heavy atom. The molecule has 2 nitrogen and oxygen atoms in total. The average Bonchev–Trinajstić information content (AvgIpc) is 2.38. The summed E-state index contributed by atoms with van der Waals surface area (Å²) in [5, 5.41) is 9.67. The van der Waals surface area contributed by atoms with E-state index in [1.165, 1.54) is 16.3 Å². The van der Waals surface area contributed by atoms with Crippen molar-refractivity contribution in [3.63, 3.8) is 0 Å². The fourth-order valence-electron chi connectivity index (χ4n) is 2.11. The van der Waals surface area contributed by atoms with Crippen LogP contribution in [0.1, 0.15) is 25.5 Å². The fourth-order valence-corrected chi connectivity index (χ4v) is 2.44. The van der Waals surface area contributed by atoms with E-state index in [-0.39, 0.29) is 6.04 Å². The molecule has 2 N–H and O–H groups in total. The Hall–Kier alpha value is -1.61. The highest BCUT2D eigenvalue weighted by Gasteiger charge is 2.09. The number of rotatable bonds is 3. The van der Waals surface area contributed by atoms with Crippen molar-refractivity contribution in [1.82, 2.24) is 10.6 Å². The Labute approximate surface area is 113 Å². The summed E-state index contributed by atoms with van der Waals surface area (Å²) in [6, 6.07) is 15.0. The molecule has 0 heterocycles. The Balaban J connectivity index is 2.27. The monoisotopic (exact) mass is 258 g/mol. The Bertz CT molecular complexity index is 546. The number of thiocarbonyl (C=S) groups is 1. The van der Waals surface area contributed by atoms with Gasteiger partial charge in [0.15, 0.2) is 5.11 Å². The van der Waals surface area contributed by atoms with Gasteiger partial charge in [-0.2, -0.15) is 0 Å². The van der Waals surface area contributed by atoms with Crippen molar-refractivity contribution in [1.29, 1.82) is 0 Å². The number of benzene rings is 2. The molecule has 2 aromatic carbocycles. The van der Waals surface area contributed by atoms with Gasteiger partial charge in [-0.25, -0.2) is 0 Å². The van der Waals surface area contributed by atoms with Gasteiger partial charge in [0.05, 0.1) is 6.04 Å². The first kappa shape index (κ1) is 12.8. The van der Waals surface area contributed by atoms with Crippen LogP contribution in [0.25, 0.3) is 10.8 Å². The maximum absolute atomic E-state index is 5.23. The first-order chi connectivity index (χ1) is 8.72. The molecule has 0 bridgehead atoms. The molecule has 0 amide bonds. The SMILES string of the molecule is CCNC(=S)N[C@H](C)c1cccc2ccccc12. The van der Waals surface area contributed by atoms with Crippen molar-refractivity contribution < 1.29 is 0 Å². The second-order valence-electron chi connectivity index (χ2n) is 4.29. The summed E-state index contributed by atoms with van der Waals surface area (Å²) in [5.41, 5.74) is 1.27. The fraction of sp³-hybridized carbons (Fsp3) is 0.267. The van der Waals surface area contributed by atoms with E-state index in [4.69, 9.17) is 12.2 Å². The Morgan fingerprint density at radius 2 is 1.89 bits per heavy atom. The van der Waals surface area contributed by atoms with Gasteiger partial charge in [0.1, 0.15) is 0 Å². The number of fused-ring (bicyclic) bond motifs is 1. The van der Waals surface area contributed by atoms with Crippen molar-refractivity contribution in [3.8, 4) is 0 Å². The first-order valence-corrected chi connectivity index (χ1v) is 6.65. The van der Waals surface area contributed by atoms with E-state index in [0.717, 1.165) is 6.54 Å². The minimum Gasteiger partial charge on any atom is -0.363 e. The Kier molecular flexibility index (Phi) is 4.15. The summed E-state index contributed by atoms with van der Waals surface area (Å²) in [7, 11) is 0. The smallest absolute Gasteiger partial charge is 0.166 e. The molecule has 2 rings (SSSR count). The number of hydrogen-bond donors (Lipinski definition) is 2. The molecule has 3 heteroatoms. The molecule has 0 aliphatic heterocycles. The van der Waals surface area contributed by atoms with Gasteiger partial charge in [-0.15, -0.1) is 0 Å². The summed E-state index contributed by atoms with van der Waals surface area (Å²) >= 11 is 5.23. The highest BCUT2D eigenvalue weighted by Crippen LogP contribution is 2.23. The van der Waals surface area contributed by atoms with Gasteiger partial charge < -0.3 is 10.6 Å². The van der Waals surface area contributed by atoms with Crippen LogP contribution in [-0.2, 0) is 0 Å². The maximum atomic E-state index is 5.23. The third-order valence-electron chi connectivity index (χ3n) is 2.97. The molecule has 0 fully saturated rings. The second kappa shape index (κ2) is 5.83. The molecule has 94 valence electrons. The molecule has 0 saturated heterocycles. The summed E-state index contributed by atoms with van der Waals surface area (Å²) in [6.45, 7) is 5.01. The minimum absolute atomic E-state index is 0.197. The van der Waals surface area contributed by atoms with Gasteiger partial charge in [-0.05, 0) is 42.4 Å². The van der Waals surface area contributed by atoms with Crippen LogP contribution >= 0.6 is 12.2 Å².